The fraction of sp³-hybridized carbons (Fsp3) is 0.750. The summed E-state index contributed by atoms with van der Waals surface area (Å²) in [6.07, 6.45) is 0. The predicted molar refractivity (Wildman–Crippen MR) is 59.2 cm³/mol. The van der Waals surface area contributed by atoms with E-state index in [1.807, 2.05) is 0 Å². The Morgan fingerprint density at radius 2 is 2.14 bits per heavy atom. The van der Waals surface area contributed by atoms with Crippen molar-refractivity contribution >= 4 is 34.2 Å². The summed E-state index contributed by atoms with van der Waals surface area (Å²) in [6.45, 7) is 3.91. The molecule has 1 amide bonds. The van der Waals surface area contributed by atoms with Crippen molar-refractivity contribution in [3.05, 3.63) is 0 Å². The molecule has 14 heavy (non-hydrogen) atoms. The van der Waals surface area contributed by atoms with Crippen LogP contribution >= 0.6 is 24.0 Å². The summed E-state index contributed by atoms with van der Waals surface area (Å²) in [5.41, 5.74) is 0. The van der Waals surface area contributed by atoms with Crippen LogP contribution in [0.1, 0.15) is 0 Å². The molecular formula is C8H12N2O2S2. The van der Waals surface area contributed by atoms with Gasteiger partial charge in [-0.25, -0.2) is 0 Å². The van der Waals surface area contributed by atoms with Gasteiger partial charge in [-0.05, 0) is 0 Å². The second-order valence-electron chi connectivity index (χ2n) is 3.25. The molecule has 0 unspecified atom stereocenters. The molecule has 78 valence electrons. The van der Waals surface area contributed by atoms with Crippen molar-refractivity contribution < 1.29 is 9.53 Å². The van der Waals surface area contributed by atoms with Gasteiger partial charge in [0.05, 0.1) is 25.6 Å². The number of hydrogen-bond donors (Lipinski definition) is 0. The molecule has 0 aromatic carbocycles. The summed E-state index contributed by atoms with van der Waals surface area (Å²) in [6, 6.07) is 0. The van der Waals surface area contributed by atoms with Gasteiger partial charge in [0, 0.05) is 13.1 Å². The lowest BCUT2D eigenvalue weighted by atomic mass is 10.4. The lowest BCUT2D eigenvalue weighted by molar-refractivity contribution is -0.126. The number of thiocarbonyl (C=S) groups is 1. The van der Waals surface area contributed by atoms with Gasteiger partial charge in [0.1, 0.15) is 4.32 Å². The number of carbonyl (C=O) groups is 1. The Labute approximate surface area is 92.6 Å². The minimum Gasteiger partial charge on any atom is -0.379 e. The average molecular weight is 232 g/mol. The third kappa shape index (κ3) is 2.25. The van der Waals surface area contributed by atoms with Crippen LogP contribution in [-0.2, 0) is 9.53 Å². The number of amides is 1. The van der Waals surface area contributed by atoms with E-state index in [-0.39, 0.29) is 5.91 Å². The van der Waals surface area contributed by atoms with Crippen molar-refractivity contribution in [1.29, 1.82) is 0 Å². The van der Waals surface area contributed by atoms with E-state index in [0.29, 0.717) is 16.7 Å². The molecule has 2 fully saturated rings. The quantitative estimate of drug-likeness (QED) is 0.632. The maximum absolute atomic E-state index is 11.4. The number of carbonyl (C=O) groups excluding carboxylic acids is 1. The summed E-state index contributed by atoms with van der Waals surface area (Å²) in [5.74, 6) is 0.634. The van der Waals surface area contributed by atoms with Crippen LogP contribution in [0.3, 0.4) is 0 Å². The molecular weight excluding hydrogens is 220 g/mol. The van der Waals surface area contributed by atoms with Crippen LogP contribution in [0, 0.1) is 0 Å². The zero-order valence-corrected chi connectivity index (χ0v) is 9.40. The second kappa shape index (κ2) is 4.57. The standard InChI is InChI=1S/C8H12N2O2S2/c11-7-5-14-8(13)10(7)6-9-1-3-12-4-2-9/h1-6H2. The highest BCUT2D eigenvalue weighted by atomic mass is 32.2. The molecule has 0 spiro atoms. The van der Waals surface area contributed by atoms with Crippen molar-refractivity contribution in [3.63, 3.8) is 0 Å². The van der Waals surface area contributed by atoms with Crippen LogP contribution in [0.15, 0.2) is 0 Å². The van der Waals surface area contributed by atoms with Gasteiger partial charge in [-0.2, -0.15) is 0 Å². The highest BCUT2D eigenvalue weighted by molar-refractivity contribution is 8.23. The summed E-state index contributed by atoms with van der Waals surface area (Å²) in [7, 11) is 0. The second-order valence-corrected chi connectivity index (χ2v) is 4.86. The lowest BCUT2D eigenvalue weighted by Crippen LogP contribution is -2.45. The van der Waals surface area contributed by atoms with E-state index in [1.54, 1.807) is 4.90 Å². The number of thioether (sulfide) groups is 1. The van der Waals surface area contributed by atoms with Crippen LogP contribution in [0.2, 0.25) is 0 Å². The van der Waals surface area contributed by atoms with E-state index in [1.165, 1.54) is 11.8 Å². The van der Waals surface area contributed by atoms with Gasteiger partial charge in [0.25, 0.3) is 0 Å². The largest absolute Gasteiger partial charge is 0.379 e. The average Bonchev–Trinajstić information content (AvgIpc) is 2.51. The fourth-order valence-electron chi connectivity index (χ4n) is 1.46. The van der Waals surface area contributed by atoms with Crippen LogP contribution < -0.4 is 0 Å². The molecule has 0 atom stereocenters. The molecule has 0 bridgehead atoms. The molecule has 0 aromatic rings. The molecule has 2 rings (SSSR count). The van der Waals surface area contributed by atoms with Gasteiger partial charge in [0.15, 0.2) is 0 Å². The summed E-state index contributed by atoms with van der Waals surface area (Å²) in [4.78, 5) is 15.3. The van der Waals surface area contributed by atoms with E-state index >= 15 is 0 Å². The first-order chi connectivity index (χ1) is 6.77. The molecule has 0 radical (unpaired) electrons. The van der Waals surface area contributed by atoms with Gasteiger partial charge in [-0.1, -0.05) is 24.0 Å². The zero-order chi connectivity index (χ0) is 9.97. The summed E-state index contributed by atoms with van der Waals surface area (Å²) >= 11 is 6.55. The van der Waals surface area contributed by atoms with Crippen LogP contribution in [-0.4, -0.2) is 58.8 Å². The van der Waals surface area contributed by atoms with Gasteiger partial charge >= 0.3 is 0 Å². The molecule has 0 N–H and O–H groups in total. The Kier molecular flexibility index (Phi) is 3.38. The third-order valence-electron chi connectivity index (χ3n) is 2.29. The fourth-order valence-corrected chi connectivity index (χ4v) is 2.51. The Balaban J connectivity index is 1.89. The first-order valence-corrected chi connectivity index (χ1v) is 5.94. The monoisotopic (exact) mass is 232 g/mol. The third-order valence-corrected chi connectivity index (χ3v) is 3.72. The highest BCUT2D eigenvalue weighted by Gasteiger charge is 2.28. The minimum atomic E-state index is 0.131. The highest BCUT2D eigenvalue weighted by Crippen LogP contribution is 2.19. The molecule has 4 nitrogen and oxygen atoms in total. The zero-order valence-electron chi connectivity index (χ0n) is 7.77. The summed E-state index contributed by atoms with van der Waals surface area (Å²) in [5, 5.41) is 0. The van der Waals surface area contributed by atoms with E-state index in [2.05, 4.69) is 4.90 Å². The molecule has 0 aliphatic carbocycles. The smallest absolute Gasteiger partial charge is 0.239 e. The first-order valence-electron chi connectivity index (χ1n) is 4.54. The SMILES string of the molecule is O=C1CSC(=S)N1CN1CCOCC1. The topological polar surface area (TPSA) is 32.8 Å². The van der Waals surface area contributed by atoms with Crippen LogP contribution in [0.25, 0.3) is 0 Å². The van der Waals surface area contributed by atoms with E-state index in [9.17, 15) is 4.79 Å². The van der Waals surface area contributed by atoms with Crippen molar-refractivity contribution in [2.75, 3.05) is 38.7 Å². The normalized spacial score (nSPS) is 24.7. The van der Waals surface area contributed by atoms with Crippen LogP contribution in [0.4, 0.5) is 0 Å². The number of rotatable bonds is 2. The Hall–Kier alpha value is -0.170. The molecule has 6 heteroatoms. The molecule has 0 aromatic heterocycles. The maximum Gasteiger partial charge on any atom is 0.239 e. The molecule has 2 aliphatic heterocycles. The number of nitrogens with zero attached hydrogens (tertiary/aromatic N) is 2. The number of morpholine rings is 1. The molecule has 2 saturated heterocycles. The van der Waals surface area contributed by atoms with Crippen molar-refractivity contribution in [3.8, 4) is 0 Å². The maximum atomic E-state index is 11.4. The van der Waals surface area contributed by atoms with Gasteiger partial charge < -0.3 is 4.74 Å². The van der Waals surface area contributed by atoms with Crippen LogP contribution in [0.5, 0.6) is 0 Å². The molecule has 0 saturated carbocycles. The van der Waals surface area contributed by atoms with E-state index in [4.69, 9.17) is 17.0 Å². The first kappa shape index (κ1) is 10.4. The Morgan fingerprint density at radius 3 is 2.71 bits per heavy atom. The number of hydrogen-bond acceptors (Lipinski definition) is 5. The number of ether oxygens (including phenoxy) is 1. The Morgan fingerprint density at radius 1 is 1.43 bits per heavy atom. The van der Waals surface area contributed by atoms with Crippen molar-refractivity contribution in [2.45, 2.75) is 0 Å². The van der Waals surface area contributed by atoms with Crippen molar-refractivity contribution in [1.82, 2.24) is 9.80 Å². The minimum absolute atomic E-state index is 0.131. The predicted octanol–water partition coefficient (Wildman–Crippen LogP) is 0.136. The van der Waals surface area contributed by atoms with E-state index < -0.39 is 0 Å². The van der Waals surface area contributed by atoms with Gasteiger partial charge in [-0.15, -0.1) is 0 Å². The lowest BCUT2D eigenvalue weighted by Gasteiger charge is -2.30. The van der Waals surface area contributed by atoms with Gasteiger partial charge in [-0.3, -0.25) is 14.6 Å². The summed E-state index contributed by atoms with van der Waals surface area (Å²) < 4.78 is 5.94. The Bertz CT molecular complexity index is 238. The van der Waals surface area contributed by atoms with Gasteiger partial charge in [0.2, 0.25) is 5.91 Å². The van der Waals surface area contributed by atoms with Crippen molar-refractivity contribution in [2.24, 2.45) is 0 Å². The molecule has 2 heterocycles. The van der Waals surface area contributed by atoms with E-state index in [0.717, 1.165) is 26.3 Å². The molecule has 2 aliphatic rings.